The van der Waals surface area contributed by atoms with Gasteiger partial charge in [-0.15, -0.1) is 0 Å². The van der Waals surface area contributed by atoms with E-state index >= 15 is 0 Å². The van der Waals surface area contributed by atoms with E-state index in [2.05, 4.69) is 20.3 Å². The lowest BCUT2D eigenvalue weighted by Gasteiger charge is -2.17. The van der Waals surface area contributed by atoms with Crippen LogP contribution >= 0.6 is 0 Å². The van der Waals surface area contributed by atoms with Gasteiger partial charge in [0.1, 0.15) is 17.9 Å². The molecule has 4 heterocycles. The van der Waals surface area contributed by atoms with Crippen LogP contribution in [0.25, 0.3) is 28.5 Å². The fourth-order valence-electron chi connectivity index (χ4n) is 4.15. The standard InChI is InChI=1S/C23H20N6O2/c1-12-4-5-17(31-3)13(2)20(12)29-21(24)19-18-16(26-11-27-22(18)29)10-15(28-23(19)30)14-6-8-25-9-7-14/h4-11H,24H2,1-3H3,(H,28,30). The van der Waals surface area contributed by atoms with E-state index in [1.807, 2.05) is 48.8 Å². The van der Waals surface area contributed by atoms with Gasteiger partial charge in [0.15, 0.2) is 5.65 Å². The van der Waals surface area contributed by atoms with Crippen molar-refractivity contribution >= 4 is 34.5 Å². The Kier molecular flexibility index (Phi) is 4.21. The number of nitrogen functional groups attached to an aromatic ring is 1. The van der Waals surface area contributed by atoms with Gasteiger partial charge in [-0.25, -0.2) is 9.97 Å². The predicted molar refractivity (Wildman–Crippen MR) is 119 cm³/mol. The molecule has 3 aromatic heterocycles. The van der Waals surface area contributed by atoms with E-state index in [-0.39, 0.29) is 5.91 Å². The van der Waals surface area contributed by atoms with Gasteiger partial charge in [-0.1, -0.05) is 6.07 Å². The molecule has 0 saturated carbocycles. The summed E-state index contributed by atoms with van der Waals surface area (Å²) in [6.45, 7) is 3.95. The lowest BCUT2D eigenvalue weighted by molar-refractivity contribution is 0.0976. The van der Waals surface area contributed by atoms with Gasteiger partial charge in [0.05, 0.1) is 35.1 Å². The van der Waals surface area contributed by atoms with E-state index in [1.54, 1.807) is 19.5 Å². The number of pyridine rings is 1. The van der Waals surface area contributed by atoms with Crippen molar-refractivity contribution in [3.8, 4) is 11.4 Å². The summed E-state index contributed by atoms with van der Waals surface area (Å²) >= 11 is 0. The van der Waals surface area contributed by atoms with E-state index in [9.17, 15) is 4.79 Å². The van der Waals surface area contributed by atoms with Crippen LogP contribution in [0.1, 0.15) is 32.7 Å². The Morgan fingerprint density at radius 3 is 2.61 bits per heavy atom. The number of aromatic nitrogens is 4. The van der Waals surface area contributed by atoms with Crippen LogP contribution < -0.4 is 15.8 Å². The molecular weight excluding hydrogens is 392 g/mol. The number of carbonyl (C=O) groups is 1. The summed E-state index contributed by atoms with van der Waals surface area (Å²) in [5, 5.41) is 3.58. The number of anilines is 1. The molecule has 0 bridgehead atoms. The first kappa shape index (κ1) is 18.8. The van der Waals surface area contributed by atoms with Crippen LogP contribution in [-0.2, 0) is 0 Å². The highest BCUT2D eigenvalue weighted by Gasteiger charge is 2.29. The summed E-state index contributed by atoms with van der Waals surface area (Å²) in [6.07, 6.45) is 6.67. The highest BCUT2D eigenvalue weighted by molar-refractivity contribution is 6.18. The third-order valence-electron chi connectivity index (χ3n) is 5.59. The number of nitrogens with zero attached hydrogens (tertiary/aromatic N) is 4. The number of hydrogen-bond acceptors (Lipinski definition) is 6. The summed E-state index contributed by atoms with van der Waals surface area (Å²) in [4.78, 5) is 26.3. The molecule has 0 fully saturated rings. The topological polar surface area (TPSA) is 108 Å². The molecule has 1 amide bonds. The second kappa shape index (κ2) is 6.94. The van der Waals surface area contributed by atoms with Crippen LogP contribution in [0.15, 0.2) is 43.0 Å². The quantitative estimate of drug-likeness (QED) is 0.535. The first-order valence-electron chi connectivity index (χ1n) is 9.74. The average Bonchev–Trinajstić information content (AvgIpc) is 2.97. The molecule has 3 N–H and O–H groups in total. The molecular formula is C23H20N6O2. The minimum Gasteiger partial charge on any atom is -0.496 e. The van der Waals surface area contributed by atoms with Crippen LogP contribution in [0.2, 0.25) is 0 Å². The van der Waals surface area contributed by atoms with Crippen molar-refractivity contribution in [1.29, 1.82) is 0 Å². The Morgan fingerprint density at radius 1 is 1.10 bits per heavy atom. The van der Waals surface area contributed by atoms with Crippen LogP contribution in [0, 0.1) is 13.8 Å². The second-order valence-corrected chi connectivity index (χ2v) is 7.36. The second-order valence-electron chi connectivity index (χ2n) is 7.36. The van der Waals surface area contributed by atoms with E-state index in [1.165, 1.54) is 6.33 Å². The highest BCUT2D eigenvalue weighted by atomic mass is 16.5. The third kappa shape index (κ3) is 2.76. The predicted octanol–water partition coefficient (Wildman–Crippen LogP) is 3.26. The van der Waals surface area contributed by atoms with E-state index < -0.39 is 0 Å². The molecule has 5 rings (SSSR count). The van der Waals surface area contributed by atoms with Gasteiger partial charge in [-0.3, -0.25) is 14.3 Å². The molecule has 154 valence electrons. The summed E-state index contributed by atoms with van der Waals surface area (Å²) in [5.74, 6) is 0.725. The Balaban J connectivity index is 1.84. The van der Waals surface area contributed by atoms with Gasteiger partial charge in [-0.2, -0.15) is 0 Å². The van der Waals surface area contributed by atoms with Crippen molar-refractivity contribution in [2.75, 3.05) is 12.8 Å². The smallest absolute Gasteiger partial charge is 0.260 e. The monoisotopic (exact) mass is 412 g/mol. The van der Waals surface area contributed by atoms with Crippen molar-refractivity contribution in [3.05, 3.63) is 70.9 Å². The number of hydrogen-bond donors (Lipinski definition) is 2. The van der Waals surface area contributed by atoms with Crippen LogP contribution in [0.4, 0.5) is 5.82 Å². The first-order chi connectivity index (χ1) is 15.0. The van der Waals surface area contributed by atoms with E-state index in [4.69, 9.17) is 10.5 Å². The Morgan fingerprint density at radius 2 is 1.87 bits per heavy atom. The Bertz CT molecular complexity index is 1390. The van der Waals surface area contributed by atoms with Crippen LogP contribution in [-0.4, -0.2) is 32.5 Å². The summed E-state index contributed by atoms with van der Waals surface area (Å²) < 4.78 is 7.32. The minimum atomic E-state index is -0.309. The zero-order valence-electron chi connectivity index (χ0n) is 17.3. The van der Waals surface area contributed by atoms with Gasteiger partial charge in [0, 0.05) is 23.5 Å². The fraction of sp³-hybridized carbons (Fsp3) is 0.130. The van der Waals surface area contributed by atoms with E-state index in [0.29, 0.717) is 33.8 Å². The van der Waals surface area contributed by atoms with Gasteiger partial charge in [-0.05, 0) is 43.7 Å². The Labute approximate surface area is 178 Å². The maximum atomic E-state index is 13.3. The molecule has 4 aromatic rings. The molecule has 8 nitrogen and oxygen atoms in total. The fourth-order valence-corrected chi connectivity index (χ4v) is 4.15. The SMILES string of the molecule is COc1ccc(C)c(-n2c(N)c3c4c(ncnc42)C=C(c2ccncc2)NC3=O)c1C. The zero-order chi connectivity index (χ0) is 21.7. The van der Waals surface area contributed by atoms with Crippen molar-refractivity contribution in [2.45, 2.75) is 13.8 Å². The van der Waals surface area contributed by atoms with Crippen molar-refractivity contribution < 1.29 is 9.53 Å². The maximum Gasteiger partial charge on any atom is 0.260 e. The zero-order valence-corrected chi connectivity index (χ0v) is 17.3. The molecule has 1 aliphatic rings. The summed E-state index contributed by atoms with van der Waals surface area (Å²) in [6, 6.07) is 7.53. The number of amides is 1. The molecule has 8 heteroatoms. The van der Waals surface area contributed by atoms with E-state index in [0.717, 1.165) is 28.1 Å². The molecule has 0 aliphatic carbocycles. The number of aryl methyl sites for hydroxylation is 1. The summed E-state index contributed by atoms with van der Waals surface area (Å²) in [5.41, 5.74) is 12.3. The summed E-state index contributed by atoms with van der Waals surface area (Å²) in [7, 11) is 1.63. The lowest BCUT2D eigenvalue weighted by atomic mass is 10.1. The number of nitrogens with one attached hydrogen (secondary N) is 1. The molecule has 1 aromatic carbocycles. The van der Waals surface area contributed by atoms with Gasteiger partial charge >= 0.3 is 0 Å². The van der Waals surface area contributed by atoms with Crippen molar-refractivity contribution in [1.82, 2.24) is 24.8 Å². The molecule has 0 saturated heterocycles. The number of benzene rings is 1. The van der Waals surface area contributed by atoms with Gasteiger partial charge in [0.2, 0.25) is 0 Å². The maximum absolute atomic E-state index is 13.3. The number of ether oxygens (including phenoxy) is 1. The third-order valence-corrected chi connectivity index (χ3v) is 5.59. The number of carbonyl (C=O) groups excluding carboxylic acids is 1. The average molecular weight is 412 g/mol. The molecule has 0 unspecified atom stereocenters. The van der Waals surface area contributed by atoms with Crippen molar-refractivity contribution in [2.24, 2.45) is 0 Å². The largest absolute Gasteiger partial charge is 0.496 e. The van der Waals surface area contributed by atoms with Gasteiger partial charge in [0.25, 0.3) is 5.91 Å². The minimum absolute atomic E-state index is 0.304. The molecule has 31 heavy (non-hydrogen) atoms. The highest BCUT2D eigenvalue weighted by Crippen LogP contribution is 2.38. The van der Waals surface area contributed by atoms with Crippen molar-refractivity contribution in [3.63, 3.8) is 0 Å². The number of rotatable bonds is 3. The molecule has 0 atom stereocenters. The van der Waals surface area contributed by atoms with Crippen LogP contribution in [0.5, 0.6) is 5.75 Å². The molecule has 1 aliphatic heterocycles. The lowest BCUT2D eigenvalue weighted by Crippen LogP contribution is -2.22. The molecule has 0 radical (unpaired) electrons. The molecule has 0 spiro atoms. The normalized spacial score (nSPS) is 13.0. The Hall–Kier alpha value is -4.20. The van der Waals surface area contributed by atoms with Crippen LogP contribution in [0.3, 0.4) is 0 Å². The first-order valence-corrected chi connectivity index (χ1v) is 9.74. The number of methoxy groups -OCH3 is 1. The number of nitrogens with two attached hydrogens (primary N) is 1. The van der Waals surface area contributed by atoms with Gasteiger partial charge < -0.3 is 15.8 Å².